The number of hydrogen-bond acceptors (Lipinski definition) is 3. The van der Waals surface area contributed by atoms with Crippen LogP contribution < -0.4 is 10.5 Å². The van der Waals surface area contributed by atoms with Crippen molar-refractivity contribution in [2.75, 3.05) is 0 Å². The Morgan fingerprint density at radius 2 is 2.15 bits per heavy atom. The van der Waals surface area contributed by atoms with E-state index in [1.165, 1.54) is 12.3 Å². The zero-order valence-electron chi connectivity index (χ0n) is 11.1. The molecule has 1 atom stereocenters. The molecule has 0 aliphatic rings. The van der Waals surface area contributed by atoms with Crippen LogP contribution in [0, 0.1) is 5.82 Å². The highest BCUT2D eigenvalue weighted by atomic mass is 79.9. The number of hydrogen-bond donors (Lipinski definition) is 1. The van der Waals surface area contributed by atoms with Gasteiger partial charge in [0, 0.05) is 22.3 Å². The van der Waals surface area contributed by atoms with Crippen LogP contribution in [0.25, 0.3) is 0 Å². The number of ether oxygens (including phenoxy) is 1. The van der Waals surface area contributed by atoms with Gasteiger partial charge >= 0.3 is 0 Å². The first-order chi connectivity index (χ1) is 9.54. The molecule has 0 radical (unpaired) electrons. The lowest BCUT2D eigenvalue weighted by Gasteiger charge is -2.13. The van der Waals surface area contributed by atoms with Crippen LogP contribution >= 0.6 is 15.9 Å². The number of aromatic nitrogens is 1. The number of benzene rings is 1. The fraction of sp³-hybridized carbons (Fsp3) is 0.267. The molecule has 1 aromatic carbocycles. The molecule has 2 N–H and O–H groups in total. The SMILES string of the molecule is CC(N)Cc1cc(Br)ccc1OCc1cncc(F)c1. The molecule has 1 heterocycles. The lowest BCUT2D eigenvalue weighted by Crippen LogP contribution is -2.18. The topological polar surface area (TPSA) is 48.1 Å². The minimum Gasteiger partial charge on any atom is -0.489 e. The van der Waals surface area contributed by atoms with Gasteiger partial charge in [-0.2, -0.15) is 0 Å². The van der Waals surface area contributed by atoms with E-state index >= 15 is 0 Å². The van der Waals surface area contributed by atoms with E-state index in [-0.39, 0.29) is 18.5 Å². The van der Waals surface area contributed by atoms with Crippen molar-refractivity contribution in [2.45, 2.75) is 26.0 Å². The van der Waals surface area contributed by atoms with E-state index in [1.807, 2.05) is 25.1 Å². The smallest absolute Gasteiger partial charge is 0.141 e. The van der Waals surface area contributed by atoms with E-state index < -0.39 is 0 Å². The zero-order valence-corrected chi connectivity index (χ0v) is 12.7. The third kappa shape index (κ3) is 4.28. The molecule has 0 aliphatic carbocycles. The molecule has 2 rings (SSSR count). The van der Waals surface area contributed by atoms with Crippen molar-refractivity contribution in [3.05, 3.63) is 58.1 Å². The van der Waals surface area contributed by atoms with Crippen LogP contribution in [0.2, 0.25) is 0 Å². The summed E-state index contributed by atoms with van der Waals surface area (Å²) in [6, 6.07) is 7.24. The number of nitrogens with two attached hydrogens (primary N) is 1. The summed E-state index contributed by atoms with van der Waals surface area (Å²) in [5.41, 5.74) is 7.56. The van der Waals surface area contributed by atoms with Gasteiger partial charge in [0.25, 0.3) is 0 Å². The van der Waals surface area contributed by atoms with E-state index in [9.17, 15) is 4.39 Å². The molecule has 5 heteroatoms. The minimum absolute atomic E-state index is 0.0440. The van der Waals surface area contributed by atoms with E-state index in [4.69, 9.17) is 10.5 Å². The van der Waals surface area contributed by atoms with E-state index in [1.54, 1.807) is 6.20 Å². The number of pyridine rings is 1. The zero-order chi connectivity index (χ0) is 14.5. The molecule has 0 saturated heterocycles. The second kappa shape index (κ2) is 6.81. The molecule has 106 valence electrons. The van der Waals surface area contributed by atoms with Gasteiger partial charge in [0.05, 0.1) is 6.20 Å². The van der Waals surface area contributed by atoms with Crippen LogP contribution in [-0.4, -0.2) is 11.0 Å². The van der Waals surface area contributed by atoms with Crippen LogP contribution in [0.3, 0.4) is 0 Å². The maximum atomic E-state index is 13.1. The van der Waals surface area contributed by atoms with Crippen molar-refractivity contribution in [3.63, 3.8) is 0 Å². The van der Waals surface area contributed by atoms with Crippen molar-refractivity contribution < 1.29 is 9.13 Å². The van der Waals surface area contributed by atoms with Crippen molar-refractivity contribution in [2.24, 2.45) is 5.73 Å². The van der Waals surface area contributed by atoms with Gasteiger partial charge in [0.1, 0.15) is 18.2 Å². The van der Waals surface area contributed by atoms with Crippen molar-refractivity contribution in [1.29, 1.82) is 0 Å². The molecular weight excluding hydrogens is 323 g/mol. The molecule has 0 saturated carbocycles. The summed E-state index contributed by atoms with van der Waals surface area (Å²) in [5, 5.41) is 0. The molecule has 2 aromatic rings. The number of rotatable bonds is 5. The monoisotopic (exact) mass is 338 g/mol. The summed E-state index contributed by atoms with van der Waals surface area (Å²) in [5.74, 6) is 0.396. The van der Waals surface area contributed by atoms with Crippen molar-refractivity contribution >= 4 is 15.9 Å². The summed E-state index contributed by atoms with van der Waals surface area (Å²) < 4.78 is 19.8. The lowest BCUT2D eigenvalue weighted by molar-refractivity contribution is 0.301. The van der Waals surface area contributed by atoms with Gasteiger partial charge in [-0.1, -0.05) is 15.9 Å². The standard InChI is InChI=1S/C15H16BrFN2O/c1-10(18)4-12-6-13(16)2-3-15(12)20-9-11-5-14(17)8-19-7-11/h2-3,5-8,10H,4,9,18H2,1H3. The molecule has 3 nitrogen and oxygen atoms in total. The van der Waals surface area contributed by atoms with Crippen LogP contribution in [0.4, 0.5) is 4.39 Å². The number of halogens is 2. The van der Waals surface area contributed by atoms with Crippen molar-refractivity contribution in [3.8, 4) is 5.75 Å². The summed E-state index contributed by atoms with van der Waals surface area (Å²) in [6.45, 7) is 2.22. The molecule has 20 heavy (non-hydrogen) atoms. The van der Waals surface area contributed by atoms with Gasteiger partial charge in [0.2, 0.25) is 0 Å². The third-order valence-corrected chi connectivity index (χ3v) is 3.21. The highest BCUT2D eigenvalue weighted by Gasteiger charge is 2.08. The van der Waals surface area contributed by atoms with E-state index in [0.29, 0.717) is 5.56 Å². The summed E-state index contributed by atoms with van der Waals surface area (Å²) >= 11 is 3.44. The molecule has 0 fully saturated rings. The van der Waals surface area contributed by atoms with Crippen LogP contribution in [-0.2, 0) is 13.0 Å². The predicted molar refractivity (Wildman–Crippen MR) is 80.0 cm³/mol. The summed E-state index contributed by atoms with van der Waals surface area (Å²) in [4.78, 5) is 3.80. The van der Waals surface area contributed by atoms with Gasteiger partial charge in [-0.05, 0) is 43.2 Å². The maximum Gasteiger partial charge on any atom is 0.141 e. The first kappa shape index (κ1) is 14.9. The summed E-state index contributed by atoms with van der Waals surface area (Å²) in [6.07, 6.45) is 3.48. The van der Waals surface area contributed by atoms with Gasteiger partial charge in [-0.25, -0.2) is 4.39 Å². The van der Waals surface area contributed by atoms with Crippen LogP contribution in [0.1, 0.15) is 18.1 Å². The average Bonchev–Trinajstić information content (AvgIpc) is 2.37. The Kier molecular flexibility index (Phi) is 5.09. The van der Waals surface area contributed by atoms with E-state index in [2.05, 4.69) is 20.9 Å². The van der Waals surface area contributed by atoms with Gasteiger partial charge in [0.15, 0.2) is 0 Å². The Morgan fingerprint density at radius 1 is 1.35 bits per heavy atom. The normalized spacial score (nSPS) is 12.2. The Morgan fingerprint density at radius 3 is 2.85 bits per heavy atom. The molecule has 0 spiro atoms. The van der Waals surface area contributed by atoms with E-state index in [0.717, 1.165) is 22.2 Å². The Hall–Kier alpha value is -1.46. The Labute approximate surface area is 126 Å². The van der Waals surface area contributed by atoms with Gasteiger partial charge < -0.3 is 10.5 Å². The first-order valence-electron chi connectivity index (χ1n) is 6.31. The lowest BCUT2D eigenvalue weighted by atomic mass is 10.1. The molecule has 1 aromatic heterocycles. The van der Waals surface area contributed by atoms with Gasteiger partial charge in [-0.3, -0.25) is 4.98 Å². The molecule has 0 bridgehead atoms. The first-order valence-corrected chi connectivity index (χ1v) is 7.10. The fourth-order valence-electron chi connectivity index (χ4n) is 1.89. The largest absolute Gasteiger partial charge is 0.489 e. The highest BCUT2D eigenvalue weighted by molar-refractivity contribution is 9.10. The molecule has 1 unspecified atom stereocenters. The molecular formula is C15H16BrFN2O. The maximum absolute atomic E-state index is 13.1. The quantitative estimate of drug-likeness (QED) is 0.908. The Bertz CT molecular complexity index is 590. The van der Waals surface area contributed by atoms with Crippen molar-refractivity contribution in [1.82, 2.24) is 4.98 Å². The van der Waals surface area contributed by atoms with Crippen LogP contribution in [0.5, 0.6) is 5.75 Å². The minimum atomic E-state index is -0.363. The second-order valence-corrected chi connectivity index (χ2v) is 5.65. The predicted octanol–water partition coefficient (Wildman–Crippen LogP) is 3.45. The highest BCUT2D eigenvalue weighted by Crippen LogP contribution is 2.25. The fourth-order valence-corrected chi connectivity index (χ4v) is 2.30. The third-order valence-electron chi connectivity index (χ3n) is 2.72. The molecule has 0 aliphatic heterocycles. The Balaban J connectivity index is 2.12. The average molecular weight is 339 g/mol. The van der Waals surface area contributed by atoms with Gasteiger partial charge in [-0.15, -0.1) is 0 Å². The summed E-state index contributed by atoms with van der Waals surface area (Å²) in [7, 11) is 0. The molecule has 0 amide bonds. The van der Waals surface area contributed by atoms with Crippen LogP contribution in [0.15, 0.2) is 41.1 Å². The second-order valence-electron chi connectivity index (χ2n) is 4.73. The number of nitrogens with zero attached hydrogens (tertiary/aromatic N) is 1.